The number of carbonyl (C=O) groups excluding carboxylic acids is 1. The summed E-state index contributed by atoms with van der Waals surface area (Å²) < 4.78 is 5.39. The van der Waals surface area contributed by atoms with E-state index in [2.05, 4.69) is 67.5 Å². The van der Waals surface area contributed by atoms with Crippen LogP contribution in [0.4, 0.5) is 11.4 Å². The van der Waals surface area contributed by atoms with Crippen LogP contribution in [0, 0.1) is 0 Å². The lowest BCUT2D eigenvalue weighted by molar-refractivity contribution is -0.885. The van der Waals surface area contributed by atoms with Crippen LogP contribution in [0.15, 0.2) is 48.5 Å². The monoisotopic (exact) mass is 382 g/mol. The van der Waals surface area contributed by atoms with Gasteiger partial charge in [-0.1, -0.05) is 38.1 Å². The second-order valence-corrected chi connectivity index (χ2v) is 7.90. The van der Waals surface area contributed by atoms with Crippen molar-refractivity contribution < 1.29 is 14.4 Å². The van der Waals surface area contributed by atoms with Gasteiger partial charge in [0.25, 0.3) is 5.91 Å². The number of hydrogen-bond donors (Lipinski definition) is 2. The molecule has 2 aromatic carbocycles. The Hall–Kier alpha value is -2.37. The molecule has 5 nitrogen and oxygen atoms in total. The van der Waals surface area contributed by atoms with Gasteiger partial charge in [-0.25, -0.2) is 0 Å². The Morgan fingerprint density at radius 1 is 1.07 bits per heavy atom. The smallest absolute Gasteiger partial charge is 0.279 e. The molecule has 0 saturated carbocycles. The fraction of sp³-hybridized carbons (Fsp3) is 0.435. The van der Waals surface area contributed by atoms with Crippen molar-refractivity contribution in [2.75, 3.05) is 50.1 Å². The predicted octanol–water partition coefficient (Wildman–Crippen LogP) is 2.30. The number of likely N-dealkylation sites (N-methyl/N-ethyl adjacent to an activating group) is 1. The van der Waals surface area contributed by atoms with Crippen molar-refractivity contribution >= 4 is 17.3 Å². The van der Waals surface area contributed by atoms with Gasteiger partial charge in [0.1, 0.15) is 6.54 Å². The molecule has 1 aliphatic rings. The van der Waals surface area contributed by atoms with Gasteiger partial charge in [-0.15, -0.1) is 0 Å². The summed E-state index contributed by atoms with van der Waals surface area (Å²) in [4.78, 5) is 15.9. The highest BCUT2D eigenvalue weighted by Crippen LogP contribution is 2.19. The first-order valence-electron chi connectivity index (χ1n) is 10.1. The van der Waals surface area contributed by atoms with E-state index in [1.807, 2.05) is 12.1 Å². The van der Waals surface area contributed by atoms with Crippen molar-refractivity contribution in [1.29, 1.82) is 0 Å². The van der Waals surface area contributed by atoms with Crippen molar-refractivity contribution in [2.45, 2.75) is 26.3 Å². The van der Waals surface area contributed by atoms with Crippen LogP contribution >= 0.6 is 0 Å². The summed E-state index contributed by atoms with van der Waals surface area (Å²) in [5.41, 5.74) is 4.62. The second kappa shape index (κ2) is 9.71. The highest BCUT2D eigenvalue weighted by Gasteiger charge is 2.13. The molecule has 5 heteroatoms. The zero-order valence-electron chi connectivity index (χ0n) is 17.2. The SMILES string of the molecule is CC(C)c1ccc(C[NH+](C)CC(=O)Nc2ccc(N3CCOCC3)cc2)cc1. The molecule has 1 atom stereocenters. The highest BCUT2D eigenvalue weighted by atomic mass is 16.5. The molecule has 1 fully saturated rings. The predicted molar refractivity (Wildman–Crippen MR) is 114 cm³/mol. The van der Waals surface area contributed by atoms with E-state index in [9.17, 15) is 4.79 Å². The van der Waals surface area contributed by atoms with Crippen LogP contribution < -0.4 is 15.1 Å². The summed E-state index contributed by atoms with van der Waals surface area (Å²) in [7, 11) is 2.05. The van der Waals surface area contributed by atoms with E-state index in [0.717, 1.165) is 38.5 Å². The summed E-state index contributed by atoms with van der Waals surface area (Å²) >= 11 is 0. The molecule has 2 aromatic rings. The Bertz CT molecular complexity index is 750. The van der Waals surface area contributed by atoms with Crippen molar-refractivity contribution in [1.82, 2.24) is 0 Å². The highest BCUT2D eigenvalue weighted by molar-refractivity contribution is 5.91. The van der Waals surface area contributed by atoms with Crippen LogP contribution in [0.5, 0.6) is 0 Å². The van der Waals surface area contributed by atoms with Crippen molar-refractivity contribution in [3.8, 4) is 0 Å². The lowest BCUT2D eigenvalue weighted by Gasteiger charge is -2.28. The minimum absolute atomic E-state index is 0.0374. The van der Waals surface area contributed by atoms with Gasteiger partial charge in [0.05, 0.1) is 20.3 Å². The molecular weight excluding hydrogens is 350 g/mol. The van der Waals surface area contributed by atoms with E-state index < -0.39 is 0 Å². The van der Waals surface area contributed by atoms with Gasteiger partial charge in [-0.05, 0) is 35.7 Å². The molecule has 0 radical (unpaired) electrons. The van der Waals surface area contributed by atoms with Crippen LogP contribution in [0.3, 0.4) is 0 Å². The van der Waals surface area contributed by atoms with Crippen LogP contribution in [0.2, 0.25) is 0 Å². The molecule has 1 saturated heterocycles. The number of benzene rings is 2. The average Bonchev–Trinajstić information content (AvgIpc) is 2.69. The first-order valence-corrected chi connectivity index (χ1v) is 10.1. The van der Waals surface area contributed by atoms with Crippen molar-refractivity contribution in [2.24, 2.45) is 0 Å². The number of hydrogen-bond acceptors (Lipinski definition) is 3. The van der Waals surface area contributed by atoms with Crippen LogP contribution in [-0.4, -0.2) is 45.8 Å². The van der Waals surface area contributed by atoms with Crippen LogP contribution in [-0.2, 0) is 16.1 Å². The summed E-state index contributed by atoms with van der Waals surface area (Å²) in [6, 6.07) is 16.8. The molecule has 1 heterocycles. The summed E-state index contributed by atoms with van der Waals surface area (Å²) in [6.07, 6.45) is 0. The van der Waals surface area contributed by atoms with Crippen molar-refractivity contribution in [3.05, 3.63) is 59.7 Å². The van der Waals surface area contributed by atoms with E-state index in [-0.39, 0.29) is 5.91 Å². The number of nitrogens with one attached hydrogen (secondary N) is 2. The van der Waals surface area contributed by atoms with Gasteiger partial charge in [-0.2, -0.15) is 0 Å². The normalized spacial score (nSPS) is 15.5. The number of carbonyl (C=O) groups is 1. The minimum atomic E-state index is 0.0374. The quantitative estimate of drug-likeness (QED) is 0.772. The molecular formula is C23H32N3O2+. The number of quaternary nitrogens is 1. The topological polar surface area (TPSA) is 46.0 Å². The Kier molecular flexibility index (Phi) is 7.06. The van der Waals surface area contributed by atoms with Crippen LogP contribution in [0.1, 0.15) is 30.9 Å². The number of ether oxygens (including phenoxy) is 1. The third-order valence-electron chi connectivity index (χ3n) is 5.14. The Labute approximate surface area is 168 Å². The number of amides is 1. The summed E-state index contributed by atoms with van der Waals surface area (Å²) in [6.45, 7) is 9.05. The number of nitrogens with zero attached hydrogens (tertiary/aromatic N) is 1. The van der Waals surface area contributed by atoms with Gasteiger partial charge < -0.3 is 19.9 Å². The number of anilines is 2. The Balaban J connectivity index is 1.47. The molecule has 0 bridgehead atoms. The number of morpholine rings is 1. The first-order chi connectivity index (χ1) is 13.5. The Morgan fingerprint density at radius 3 is 2.32 bits per heavy atom. The van der Waals surface area contributed by atoms with Gasteiger partial charge in [0.15, 0.2) is 6.54 Å². The molecule has 2 N–H and O–H groups in total. The number of rotatable bonds is 7. The molecule has 0 spiro atoms. The molecule has 150 valence electrons. The van der Waals surface area contributed by atoms with Gasteiger partial charge in [0, 0.05) is 30.0 Å². The molecule has 0 aromatic heterocycles. The molecule has 0 aliphatic carbocycles. The van der Waals surface area contributed by atoms with E-state index in [1.54, 1.807) is 0 Å². The zero-order valence-corrected chi connectivity index (χ0v) is 17.2. The summed E-state index contributed by atoms with van der Waals surface area (Å²) in [5.74, 6) is 0.579. The van der Waals surface area contributed by atoms with E-state index in [4.69, 9.17) is 4.74 Å². The molecule has 3 rings (SSSR count). The van der Waals surface area contributed by atoms with Gasteiger partial charge in [-0.3, -0.25) is 4.79 Å². The maximum absolute atomic E-state index is 12.4. The fourth-order valence-corrected chi connectivity index (χ4v) is 3.49. The largest absolute Gasteiger partial charge is 0.378 e. The van der Waals surface area contributed by atoms with Crippen molar-refractivity contribution in [3.63, 3.8) is 0 Å². The molecule has 1 amide bonds. The fourth-order valence-electron chi connectivity index (χ4n) is 3.49. The van der Waals surface area contributed by atoms with E-state index in [0.29, 0.717) is 12.5 Å². The lowest BCUT2D eigenvalue weighted by atomic mass is 10.0. The average molecular weight is 383 g/mol. The third-order valence-corrected chi connectivity index (χ3v) is 5.14. The molecule has 1 unspecified atom stereocenters. The summed E-state index contributed by atoms with van der Waals surface area (Å²) in [5, 5.41) is 3.01. The Morgan fingerprint density at radius 2 is 1.71 bits per heavy atom. The maximum Gasteiger partial charge on any atom is 0.279 e. The van der Waals surface area contributed by atoms with Gasteiger partial charge in [0.2, 0.25) is 0 Å². The van der Waals surface area contributed by atoms with Gasteiger partial charge >= 0.3 is 0 Å². The molecule has 28 heavy (non-hydrogen) atoms. The third kappa shape index (κ3) is 5.81. The molecule has 1 aliphatic heterocycles. The maximum atomic E-state index is 12.4. The van der Waals surface area contributed by atoms with E-state index in [1.165, 1.54) is 21.7 Å². The first kappa shape index (κ1) is 20.4. The zero-order chi connectivity index (χ0) is 19.9. The standard InChI is InChI=1S/C23H31N3O2/c1-18(2)20-6-4-19(5-7-20)16-25(3)17-23(27)24-21-8-10-22(11-9-21)26-12-14-28-15-13-26/h4-11,18H,12-17H2,1-3H3,(H,24,27)/p+1. The lowest BCUT2D eigenvalue weighted by Crippen LogP contribution is -3.08. The second-order valence-electron chi connectivity index (χ2n) is 7.90. The van der Waals surface area contributed by atoms with E-state index >= 15 is 0 Å². The minimum Gasteiger partial charge on any atom is -0.378 e. The van der Waals surface area contributed by atoms with Crippen LogP contribution in [0.25, 0.3) is 0 Å².